The molecule has 0 bridgehead atoms. The van der Waals surface area contributed by atoms with Crippen LogP contribution in [0.4, 0.5) is 0 Å². The first-order valence-electron chi connectivity index (χ1n) is 8.92. The molecule has 1 fully saturated rings. The molecule has 1 heterocycles. The molecule has 0 spiro atoms. The van der Waals surface area contributed by atoms with E-state index in [1.54, 1.807) is 0 Å². The number of halogens is 1. The Morgan fingerprint density at radius 3 is 2.76 bits per heavy atom. The Hall–Kier alpha value is -0.830. The monoisotopic (exact) mass is 463 g/mol. The first-order valence-corrected chi connectivity index (χ1v) is 8.92. The Bertz CT molecular complexity index is 557. The van der Waals surface area contributed by atoms with Crippen molar-refractivity contribution in [1.82, 2.24) is 20.0 Å². The molecular formula is C18H34IN5O. The van der Waals surface area contributed by atoms with Crippen molar-refractivity contribution in [1.29, 1.82) is 0 Å². The van der Waals surface area contributed by atoms with Gasteiger partial charge in [0.15, 0.2) is 5.96 Å². The first-order chi connectivity index (χ1) is 11.4. The van der Waals surface area contributed by atoms with Gasteiger partial charge < -0.3 is 15.0 Å². The van der Waals surface area contributed by atoms with Gasteiger partial charge in [0, 0.05) is 57.5 Å². The lowest BCUT2D eigenvalue weighted by molar-refractivity contribution is -0.114. The Morgan fingerprint density at radius 1 is 1.52 bits per heavy atom. The fourth-order valence-corrected chi connectivity index (χ4v) is 3.19. The van der Waals surface area contributed by atoms with E-state index in [-0.39, 0.29) is 29.4 Å². The fourth-order valence-electron chi connectivity index (χ4n) is 3.19. The molecule has 1 aromatic rings. The highest BCUT2D eigenvalue weighted by atomic mass is 127. The molecule has 6 nitrogen and oxygen atoms in total. The maximum Gasteiger partial charge on any atom is 0.193 e. The Labute approximate surface area is 169 Å². The number of nitrogens with one attached hydrogen (secondary N) is 1. The zero-order valence-corrected chi connectivity index (χ0v) is 18.8. The lowest BCUT2D eigenvalue weighted by Gasteiger charge is -2.52. The van der Waals surface area contributed by atoms with E-state index in [1.807, 2.05) is 31.2 Å². The van der Waals surface area contributed by atoms with Gasteiger partial charge in [-0.05, 0) is 12.8 Å². The summed E-state index contributed by atoms with van der Waals surface area (Å²) in [6.45, 7) is 8.41. The zero-order chi connectivity index (χ0) is 17.7. The summed E-state index contributed by atoms with van der Waals surface area (Å²) >= 11 is 0. The summed E-state index contributed by atoms with van der Waals surface area (Å²) < 4.78 is 7.86. The van der Waals surface area contributed by atoms with E-state index in [1.165, 1.54) is 12.0 Å². The number of hydrogen-bond donors (Lipinski definition) is 1. The summed E-state index contributed by atoms with van der Waals surface area (Å²) in [5.74, 6) is 0.920. The minimum absolute atomic E-state index is 0. The van der Waals surface area contributed by atoms with Crippen molar-refractivity contribution in [3.8, 4) is 0 Å². The molecule has 1 aliphatic carbocycles. The summed E-state index contributed by atoms with van der Waals surface area (Å²) in [6, 6.07) is 0.388. The topological polar surface area (TPSA) is 54.7 Å². The number of ether oxygens (including phenoxy) is 1. The lowest BCUT2D eigenvalue weighted by Crippen LogP contribution is -2.63. The average Bonchev–Trinajstić information content (AvgIpc) is 2.94. The molecular weight excluding hydrogens is 429 g/mol. The smallest absolute Gasteiger partial charge is 0.193 e. The van der Waals surface area contributed by atoms with E-state index in [4.69, 9.17) is 4.74 Å². The van der Waals surface area contributed by atoms with E-state index in [0.29, 0.717) is 12.1 Å². The molecule has 7 heteroatoms. The third kappa shape index (κ3) is 5.57. The van der Waals surface area contributed by atoms with Crippen molar-refractivity contribution in [3.05, 3.63) is 18.0 Å². The molecule has 0 aromatic carbocycles. The predicted molar refractivity (Wildman–Crippen MR) is 113 cm³/mol. The highest BCUT2D eigenvalue weighted by Crippen LogP contribution is 2.42. The molecule has 1 saturated carbocycles. The van der Waals surface area contributed by atoms with Gasteiger partial charge >= 0.3 is 0 Å². The summed E-state index contributed by atoms with van der Waals surface area (Å²) in [4.78, 5) is 6.58. The van der Waals surface area contributed by atoms with Gasteiger partial charge in [-0.15, -0.1) is 24.0 Å². The van der Waals surface area contributed by atoms with Gasteiger partial charge in [0.2, 0.25) is 0 Å². The van der Waals surface area contributed by atoms with E-state index >= 15 is 0 Å². The van der Waals surface area contributed by atoms with Crippen LogP contribution in [0.15, 0.2) is 17.4 Å². The molecule has 1 aliphatic rings. The lowest BCUT2D eigenvalue weighted by atomic mass is 9.64. The van der Waals surface area contributed by atoms with E-state index in [9.17, 15) is 0 Å². The van der Waals surface area contributed by atoms with Crippen molar-refractivity contribution >= 4 is 29.9 Å². The number of aliphatic imine (C=N–C) groups is 1. The fraction of sp³-hybridized carbons (Fsp3) is 0.778. The highest BCUT2D eigenvalue weighted by Gasteiger charge is 2.49. The van der Waals surface area contributed by atoms with Crippen LogP contribution in [0.5, 0.6) is 0 Å². The summed E-state index contributed by atoms with van der Waals surface area (Å²) in [5, 5.41) is 7.83. The van der Waals surface area contributed by atoms with Crippen molar-refractivity contribution in [2.24, 2.45) is 17.5 Å². The molecule has 1 N–H and O–H groups in total. The van der Waals surface area contributed by atoms with Crippen LogP contribution in [-0.2, 0) is 18.3 Å². The SMILES string of the molecule is CCCCOC1CC(NC(=NC)N(C)Cc2cnn(C)c2)C1(C)C.I. The number of aryl methyl sites for hydroxylation is 1. The minimum Gasteiger partial charge on any atom is -0.378 e. The van der Waals surface area contributed by atoms with E-state index < -0.39 is 0 Å². The molecule has 144 valence electrons. The second-order valence-electron chi connectivity index (χ2n) is 7.39. The number of guanidine groups is 1. The molecule has 0 radical (unpaired) electrons. The van der Waals surface area contributed by atoms with Gasteiger partial charge in [-0.2, -0.15) is 5.10 Å². The number of aromatic nitrogens is 2. The largest absolute Gasteiger partial charge is 0.378 e. The quantitative estimate of drug-likeness (QED) is 0.292. The third-order valence-electron chi connectivity index (χ3n) is 5.05. The summed E-state index contributed by atoms with van der Waals surface area (Å²) in [6.07, 6.45) is 7.63. The van der Waals surface area contributed by atoms with Gasteiger partial charge in [0.1, 0.15) is 0 Å². The third-order valence-corrected chi connectivity index (χ3v) is 5.05. The standard InChI is InChI=1S/C18H33N5O.HI/c1-7-8-9-24-16-10-15(18(16,2)3)21-17(19-4)22(5)12-14-11-20-23(6)13-14;/h11,13,15-16H,7-10,12H2,1-6H3,(H,19,21);1H. The van der Waals surface area contributed by atoms with Crippen molar-refractivity contribution in [3.63, 3.8) is 0 Å². The molecule has 0 aliphatic heterocycles. The molecule has 0 saturated heterocycles. The first kappa shape index (κ1) is 22.2. The Balaban J connectivity index is 0.00000312. The van der Waals surface area contributed by atoms with Crippen molar-refractivity contribution in [2.45, 2.75) is 58.7 Å². The molecule has 25 heavy (non-hydrogen) atoms. The number of nitrogens with zero attached hydrogens (tertiary/aromatic N) is 4. The molecule has 2 rings (SSSR count). The van der Waals surface area contributed by atoms with Crippen molar-refractivity contribution in [2.75, 3.05) is 20.7 Å². The summed E-state index contributed by atoms with van der Waals surface area (Å²) in [7, 11) is 5.83. The highest BCUT2D eigenvalue weighted by molar-refractivity contribution is 14.0. The van der Waals surface area contributed by atoms with Gasteiger partial charge in [0.25, 0.3) is 0 Å². The van der Waals surface area contributed by atoms with Crippen LogP contribution < -0.4 is 5.32 Å². The molecule has 0 amide bonds. The minimum atomic E-state index is 0. The second kappa shape index (κ2) is 9.75. The maximum atomic E-state index is 6.03. The zero-order valence-electron chi connectivity index (χ0n) is 16.5. The Morgan fingerprint density at radius 2 is 2.24 bits per heavy atom. The van der Waals surface area contributed by atoms with Crippen molar-refractivity contribution < 1.29 is 4.74 Å². The number of hydrogen-bond acceptors (Lipinski definition) is 3. The van der Waals surface area contributed by atoms with Crippen LogP contribution in [0.25, 0.3) is 0 Å². The van der Waals surface area contributed by atoms with Crippen LogP contribution in [-0.4, -0.2) is 53.5 Å². The van der Waals surface area contributed by atoms with E-state index in [2.05, 4.69) is 48.1 Å². The normalized spacial score (nSPS) is 22.1. The van der Waals surface area contributed by atoms with Crippen LogP contribution in [0.1, 0.15) is 45.6 Å². The number of rotatable bonds is 7. The van der Waals surface area contributed by atoms with Gasteiger partial charge in [-0.3, -0.25) is 9.67 Å². The van der Waals surface area contributed by atoms with Gasteiger partial charge in [-0.25, -0.2) is 0 Å². The second-order valence-corrected chi connectivity index (χ2v) is 7.39. The van der Waals surface area contributed by atoms with Gasteiger partial charge in [0.05, 0.1) is 12.3 Å². The predicted octanol–water partition coefficient (Wildman–Crippen LogP) is 3.03. The molecule has 1 aromatic heterocycles. The number of unbranched alkanes of at least 4 members (excludes halogenated alkanes) is 1. The summed E-state index contributed by atoms with van der Waals surface area (Å²) in [5.41, 5.74) is 1.30. The van der Waals surface area contributed by atoms with Crippen LogP contribution in [0.2, 0.25) is 0 Å². The average molecular weight is 463 g/mol. The van der Waals surface area contributed by atoms with E-state index in [0.717, 1.165) is 32.0 Å². The maximum absolute atomic E-state index is 6.03. The van der Waals surface area contributed by atoms with Crippen LogP contribution in [0, 0.1) is 5.41 Å². The van der Waals surface area contributed by atoms with Gasteiger partial charge in [-0.1, -0.05) is 27.2 Å². The van der Waals surface area contributed by atoms with Crippen LogP contribution >= 0.6 is 24.0 Å². The Kier molecular flexibility index (Phi) is 8.67. The molecule has 2 atom stereocenters. The molecule has 2 unspecified atom stereocenters. The van der Waals surface area contributed by atoms with Crippen LogP contribution in [0.3, 0.4) is 0 Å².